The molecule has 4 N–H and O–H groups in total. The van der Waals surface area contributed by atoms with E-state index < -0.39 is 0 Å². The van der Waals surface area contributed by atoms with E-state index in [1.54, 1.807) is 6.92 Å². The summed E-state index contributed by atoms with van der Waals surface area (Å²) in [4.78, 5) is 18.0. The second-order valence-electron chi connectivity index (χ2n) is 8.40. The topological polar surface area (TPSA) is 93.9 Å². The molecular formula is C22H34N4O2. The molecule has 2 bridgehead atoms. The summed E-state index contributed by atoms with van der Waals surface area (Å²) in [6, 6.07) is 8.67. The fourth-order valence-electron chi connectivity index (χ4n) is 4.94. The van der Waals surface area contributed by atoms with Crippen LogP contribution in [0.3, 0.4) is 0 Å². The first-order chi connectivity index (χ1) is 13.4. The van der Waals surface area contributed by atoms with Crippen LogP contribution in [-0.2, 0) is 14.9 Å². The zero-order valence-corrected chi connectivity index (χ0v) is 17.2. The molecule has 6 heteroatoms. The number of nitrogens with zero attached hydrogens (tertiary/aromatic N) is 2. The number of unbranched alkanes of at least 4 members (excludes halogenated alkanes) is 1. The maximum absolute atomic E-state index is 12.1. The van der Waals surface area contributed by atoms with Crippen LogP contribution in [0.4, 0.5) is 5.69 Å². The second-order valence-corrected chi connectivity index (χ2v) is 8.40. The van der Waals surface area contributed by atoms with Gasteiger partial charge in [0.05, 0.1) is 5.60 Å². The van der Waals surface area contributed by atoms with Crippen LogP contribution in [-0.4, -0.2) is 37.7 Å². The summed E-state index contributed by atoms with van der Waals surface area (Å²) < 4.78 is 5.83. The third-order valence-electron chi connectivity index (χ3n) is 6.87. The highest BCUT2D eigenvalue weighted by atomic mass is 16.5. The summed E-state index contributed by atoms with van der Waals surface area (Å²) in [5, 5.41) is 0. The third-order valence-corrected chi connectivity index (χ3v) is 6.87. The van der Waals surface area contributed by atoms with E-state index in [1.807, 2.05) is 12.0 Å². The van der Waals surface area contributed by atoms with E-state index in [0.717, 1.165) is 37.8 Å². The lowest BCUT2D eigenvalue weighted by Gasteiger charge is -2.53. The van der Waals surface area contributed by atoms with Gasteiger partial charge in [-0.2, -0.15) is 0 Å². The molecule has 28 heavy (non-hydrogen) atoms. The number of nitrogens with two attached hydrogens (primary N) is 2. The van der Waals surface area contributed by atoms with Crippen LogP contribution in [0.2, 0.25) is 0 Å². The number of aliphatic imine (C=N–C) groups is 1. The van der Waals surface area contributed by atoms with Gasteiger partial charge in [-0.15, -0.1) is 0 Å². The first-order valence-corrected chi connectivity index (χ1v) is 10.4. The van der Waals surface area contributed by atoms with Gasteiger partial charge in [-0.1, -0.05) is 12.1 Å². The Labute approximate surface area is 168 Å². The fourth-order valence-corrected chi connectivity index (χ4v) is 4.94. The van der Waals surface area contributed by atoms with Gasteiger partial charge in [-0.25, -0.2) is 0 Å². The van der Waals surface area contributed by atoms with Crippen molar-refractivity contribution >= 4 is 17.6 Å². The predicted molar refractivity (Wildman–Crippen MR) is 113 cm³/mol. The molecule has 154 valence electrons. The van der Waals surface area contributed by atoms with Crippen LogP contribution in [0, 0.1) is 0 Å². The zero-order valence-electron chi connectivity index (χ0n) is 17.2. The summed E-state index contributed by atoms with van der Waals surface area (Å²) in [5.41, 5.74) is 13.5. The molecule has 0 spiro atoms. The van der Waals surface area contributed by atoms with E-state index in [2.05, 4.69) is 29.3 Å². The van der Waals surface area contributed by atoms with E-state index in [4.69, 9.17) is 16.2 Å². The molecule has 1 aromatic rings. The molecule has 3 saturated carbocycles. The predicted octanol–water partition coefficient (Wildman–Crippen LogP) is 3.08. The number of methoxy groups -OCH3 is 1. The quantitative estimate of drug-likeness (QED) is 0.408. The highest BCUT2D eigenvalue weighted by Crippen LogP contribution is 2.54. The van der Waals surface area contributed by atoms with Crippen LogP contribution < -0.4 is 16.4 Å². The minimum absolute atomic E-state index is 0.0629. The number of anilines is 1. The van der Waals surface area contributed by atoms with Crippen molar-refractivity contribution in [2.45, 2.75) is 69.3 Å². The molecule has 0 unspecified atom stereocenters. The van der Waals surface area contributed by atoms with Crippen molar-refractivity contribution in [3.05, 3.63) is 29.8 Å². The molecule has 3 fully saturated rings. The summed E-state index contributed by atoms with van der Waals surface area (Å²) >= 11 is 0. The molecule has 4 rings (SSSR count). The minimum Gasteiger partial charge on any atom is -0.378 e. The first kappa shape index (κ1) is 20.6. The number of carbonyl (C=O) groups excluding carboxylic acids is 1. The monoisotopic (exact) mass is 386 g/mol. The maximum atomic E-state index is 12.1. The van der Waals surface area contributed by atoms with Crippen molar-refractivity contribution < 1.29 is 9.53 Å². The molecule has 3 aliphatic carbocycles. The van der Waals surface area contributed by atoms with Gasteiger partial charge < -0.3 is 21.1 Å². The summed E-state index contributed by atoms with van der Waals surface area (Å²) in [6.07, 6.45) is 8.76. The van der Waals surface area contributed by atoms with Gasteiger partial charge >= 0.3 is 0 Å². The minimum atomic E-state index is 0.0629. The number of ether oxygens (including phenoxy) is 1. The number of benzene rings is 1. The van der Waals surface area contributed by atoms with Crippen LogP contribution in [0.1, 0.15) is 63.9 Å². The molecule has 0 saturated heterocycles. The number of hydrogen-bond acceptors (Lipinski definition) is 3. The summed E-state index contributed by atoms with van der Waals surface area (Å²) in [7, 11) is 1.86. The molecule has 0 atom stereocenters. The van der Waals surface area contributed by atoms with E-state index in [9.17, 15) is 4.79 Å². The van der Waals surface area contributed by atoms with Crippen LogP contribution in [0.5, 0.6) is 0 Å². The number of amides is 1. The Morgan fingerprint density at radius 1 is 1.07 bits per heavy atom. The van der Waals surface area contributed by atoms with Gasteiger partial charge in [0.15, 0.2) is 5.96 Å². The van der Waals surface area contributed by atoms with Crippen molar-refractivity contribution in [2.75, 3.05) is 25.1 Å². The number of fused-ring (bicyclic) bond motifs is 3. The standard InChI is InChI=1S/C22H34N4O2/c1-17(27)26(16-4-3-15-25-20(23)24)19-7-5-18(6-8-19)21-9-12-22(28-2,13-10-21)14-11-21/h5-8H,3-4,9-16H2,1-2H3,(H4,23,24,25). The number of rotatable bonds is 8. The molecule has 0 heterocycles. The van der Waals surface area contributed by atoms with Gasteiger partial charge in [0.25, 0.3) is 0 Å². The lowest BCUT2D eigenvalue weighted by Crippen LogP contribution is -2.49. The van der Waals surface area contributed by atoms with Crippen molar-refractivity contribution in [3.63, 3.8) is 0 Å². The van der Waals surface area contributed by atoms with Gasteiger partial charge in [-0.05, 0) is 74.5 Å². The first-order valence-electron chi connectivity index (χ1n) is 10.4. The van der Waals surface area contributed by atoms with Crippen molar-refractivity contribution in [1.29, 1.82) is 0 Å². The number of hydrogen-bond donors (Lipinski definition) is 2. The van der Waals surface area contributed by atoms with Crippen LogP contribution in [0.25, 0.3) is 0 Å². The lowest BCUT2D eigenvalue weighted by atomic mass is 9.56. The molecule has 0 aliphatic heterocycles. The Hall–Kier alpha value is -2.08. The Morgan fingerprint density at radius 2 is 1.68 bits per heavy atom. The Balaban J connectivity index is 1.64. The third kappa shape index (κ3) is 4.32. The van der Waals surface area contributed by atoms with Crippen molar-refractivity contribution in [3.8, 4) is 0 Å². The fraction of sp³-hybridized carbons (Fsp3) is 0.636. The largest absolute Gasteiger partial charge is 0.378 e. The molecule has 0 radical (unpaired) electrons. The number of carbonyl (C=O) groups is 1. The SMILES string of the molecule is COC12CCC(c3ccc(N(CCCCN=C(N)N)C(C)=O)cc3)(CC1)CC2. The van der Waals surface area contributed by atoms with Gasteiger partial charge in [0.2, 0.25) is 5.91 Å². The molecular weight excluding hydrogens is 352 g/mol. The smallest absolute Gasteiger partial charge is 0.223 e. The molecule has 1 aromatic carbocycles. The Morgan fingerprint density at radius 3 is 2.18 bits per heavy atom. The van der Waals surface area contributed by atoms with Gasteiger partial charge in [0.1, 0.15) is 0 Å². The maximum Gasteiger partial charge on any atom is 0.223 e. The Kier molecular flexibility index (Phi) is 6.28. The lowest BCUT2D eigenvalue weighted by molar-refractivity contribution is -0.116. The molecule has 3 aliphatic rings. The molecule has 1 amide bonds. The molecule has 0 aromatic heterocycles. The van der Waals surface area contributed by atoms with Crippen molar-refractivity contribution in [1.82, 2.24) is 0 Å². The highest BCUT2D eigenvalue weighted by Gasteiger charge is 2.49. The molecule has 6 nitrogen and oxygen atoms in total. The highest BCUT2D eigenvalue weighted by molar-refractivity contribution is 5.91. The van der Waals surface area contributed by atoms with Gasteiger partial charge in [-0.3, -0.25) is 9.79 Å². The zero-order chi connectivity index (χ0) is 20.2. The van der Waals surface area contributed by atoms with E-state index in [-0.39, 0.29) is 17.5 Å². The van der Waals surface area contributed by atoms with E-state index in [0.29, 0.717) is 18.5 Å². The number of guanidine groups is 1. The summed E-state index contributed by atoms with van der Waals surface area (Å²) in [5.74, 6) is 0.180. The van der Waals surface area contributed by atoms with E-state index in [1.165, 1.54) is 24.8 Å². The second kappa shape index (κ2) is 8.52. The van der Waals surface area contributed by atoms with Crippen LogP contribution in [0.15, 0.2) is 29.3 Å². The van der Waals surface area contributed by atoms with Crippen molar-refractivity contribution in [2.24, 2.45) is 16.5 Å². The Bertz CT molecular complexity index is 685. The normalized spacial score (nSPS) is 26.1. The van der Waals surface area contributed by atoms with Gasteiger partial charge in [0, 0.05) is 32.8 Å². The average Bonchev–Trinajstić information content (AvgIpc) is 2.72. The average molecular weight is 387 g/mol. The van der Waals surface area contributed by atoms with E-state index >= 15 is 0 Å². The summed E-state index contributed by atoms with van der Waals surface area (Å²) in [6.45, 7) is 2.89. The van der Waals surface area contributed by atoms with Crippen LogP contribution >= 0.6 is 0 Å².